The highest BCUT2D eigenvalue weighted by molar-refractivity contribution is 7.89. The molecule has 0 aliphatic rings. The van der Waals surface area contributed by atoms with Gasteiger partial charge in [-0.3, -0.25) is 9.48 Å². The molecule has 0 radical (unpaired) electrons. The van der Waals surface area contributed by atoms with Crippen molar-refractivity contribution in [2.75, 3.05) is 5.32 Å². The van der Waals surface area contributed by atoms with Crippen molar-refractivity contribution in [3.05, 3.63) is 42.2 Å². The Hall–Kier alpha value is -2.19. The molecule has 1 heterocycles. The predicted molar refractivity (Wildman–Crippen MR) is 82.7 cm³/mol. The van der Waals surface area contributed by atoms with Gasteiger partial charge in [0, 0.05) is 37.5 Å². The maximum absolute atomic E-state index is 12.3. The van der Waals surface area contributed by atoms with Gasteiger partial charge in [0.05, 0.1) is 11.1 Å². The summed E-state index contributed by atoms with van der Waals surface area (Å²) in [4.78, 5) is 11.1. The van der Waals surface area contributed by atoms with Crippen LogP contribution in [0, 0.1) is 0 Å². The number of carbonyl (C=O) groups is 1. The summed E-state index contributed by atoms with van der Waals surface area (Å²) in [5, 5.41) is 6.61. The molecule has 0 aliphatic carbocycles. The summed E-state index contributed by atoms with van der Waals surface area (Å²) >= 11 is 0. The van der Waals surface area contributed by atoms with Crippen LogP contribution in [0.3, 0.4) is 0 Å². The molecule has 0 aliphatic heterocycles. The molecule has 2 aromatic rings. The summed E-state index contributed by atoms with van der Waals surface area (Å²) in [6, 6.07) is 5.59. The van der Waals surface area contributed by atoms with E-state index in [9.17, 15) is 13.2 Å². The summed E-state index contributed by atoms with van der Waals surface area (Å²) in [5.41, 5.74) is 1.33. The average molecular weight is 322 g/mol. The fraction of sp³-hybridized carbons (Fsp3) is 0.286. The van der Waals surface area contributed by atoms with Crippen molar-refractivity contribution in [1.29, 1.82) is 0 Å². The van der Waals surface area contributed by atoms with E-state index >= 15 is 0 Å². The van der Waals surface area contributed by atoms with Crippen LogP contribution in [0.15, 0.2) is 41.6 Å². The van der Waals surface area contributed by atoms with Gasteiger partial charge in [-0.2, -0.15) is 5.10 Å². The average Bonchev–Trinajstić information content (AvgIpc) is 2.85. The molecule has 2 rings (SSSR count). The Bertz CT molecular complexity index is 766. The number of carbonyl (C=O) groups excluding carboxylic acids is 1. The molecular weight excluding hydrogens is 304 g/mol. The largest absolute Gasteiger partial charge is 0.326 e. The molecule has 1 aromatic carbocycles. The lowest BCUT2D eigenvalue weighted by Crippen LogP contribution is -2.26. The van der Waals surface area contributed by atoms with Gasteiger partial charge in [-0.25, -0.2) is 13.1 Å². The van der Waals surface area contributed by atoms with Crippen molar-refractivity contribution >= 4 is 21.6 Å². The van der Waals surface area contributed by atoms with Gasteiger partial charge < -0.3 is 5.32 Å². The van der Waals surface area contributed by atoms with E-state index in [1.165, 1.54) is 19.1 Å². The quantitative estimate of drug-likeness (QED) is 0.870. The molecule has 0 saturated carbocycles. The SMILES string of the molecule is CC(=O)Nc1ccc(S(=O)(=O)NC(C)c2cnn(C)c2)cc1. The van der Waals surface area contributed by atoms with Crippen LogP contribution in [0.1, 0.15) is 25.5 Å². The van der Waals surface area contributed by atoms with Gasteiger partial charge in [0.25, 0.3) is 0 Å². The zero-order valence-electron chi connectivity index (χ0n) is 12.6. The second-order valence-corrected chi connectivity index (χ2v) is 6.71. The van der Waals surface area contributed by atoms with Crippen molar-refractivity contribution in [2.45, 2.75) is 24.8 Å². The van der Waals surface area contributed by atoms with E-state index in [1.54, 1.807) is 43.2 Å². The molecule has 22 heavy (non-hydrogen) atoms. The number of amides is 1. The number of aromatic nitrogens is 2. The summed E-state index contributed by atoms with van der Waals surface area (Å²) in [6.07, 6.45) is 3.38. The zero-order valence-corrected chi connectivity index (χ0v) is 13.4. The molecular formula is C14H18N4O3S. The number of aryl methyl sites for hydroxylation is 1. The fourth-order valence-electron chi connectivity index (χ4n) is 1.95. The second kappa shape index (κ2) is 6.29. The third-order valence-corrected chi connectivity index (χ3v) is 4.60. The normalized spacial score (nSPS) is 12.9. The van der Waals surface area contributed by atoms with E-state index in [2.05, 4.69) is 15.1 Å². The van der Waals surface area contributed by atoms with E-state index in [-0.39, 0.29) is 10.8 Å². The molecule has 1 unspecified atom stereocenters. The first kappa shape index (κ1) is 16.2. The minimum atomic E-state index is -3.64. The Morgan fingerprint density at radius 2 is 1.91 bits per heavy atom. The number of nitrogens with zero attached hydrogens (tertiary/aromatic N) is 2. The van der Waals surface area contributed by atoms with Gasteiger partial charge in [-0.05, 0) is 31.2 Å². The highest BCUT2D eigenvalue weighted by Gasteiger charge is 2.19. The Morgan fingerprint density at radius 3 is 2.41 bits per heavy atom. The van der Waals surface area contributed by atoms with Gasteiger partial charge in [-0.1, -0.05) is 0 Å². The molecule has 0 fully saturated rings. The Kier molecular flexibility index (Phi) is 4.62. The first-order valence-electron chi connectivity index (χ1n) is 6.66. The molecule has 2 N–H and O–H groups in total. The Morgan fingerprint density at radius 1 is 1.27 bits per heavy atom. The van der Waals surface area contributed by atoms with E-state index in [0.717, 1.165) is 5.56 Å². The van der Waals surface area contributed by atoms with Crippen LogP contribution < -0.4 is 10.0 Å². The van der Waals surface area contributed by atoms with Gasteiger partial charge in [-0.15, -0.1) is 0 Å². The van der Waals surface area contributed by atoms with Gasteiger partial charge in [0.2, 0.25) is 15.9 Å². The number of benzene rings is 1. The van der Waals surface area contributed by atoms with Crippen LogP contribution in [0.5, 0.6) is 0 Å². The third-order valence-electron chi connectivity index (χ3n) is 3.04. The smallest absolute Gasteiger partial charge is 0.241 e. The standard InChI is InChI=1S/C14H18N4O3S/c1-10(12-8-15-18(3)9-12)17-22(20,21)14-6-4-13(5-7-14)16-11(2)19/h4-10,17H,1-3H3,(H,16,19). The van der Waals surface area contributed by atoms with Crippen molar-refractivity contribution in [1.82, 2.24) is 14.5 Å². The molecule has 1 aromatic heterocycles. The van der Waals surface area contributed by atoms with Gasteiger partial charge in [0.15, 0.2) is 0 Å². The first-order chi connectivity index (χ1) is 10.3. The zero-order chi connectivity index (χ0) is 16.3. The van der Waals surface area contributed by atoms with E-state index < -0.39 is 16.1 Å². The van der Waals surface area contributed by atoms with Crippen LogP contribution in [0.2, 0.25) is 0 Å². The maximum atomic E-state index is 12.3. The van der Waals surface area contributed by atoms with Gasteiger partial charge >= 0.3 is 0 Å². The highest BCUT2D eigenvalue weighted by Crippen LogP contribution is 2.18. The molecule has 0 saturated heterocycles. The molecule has 7 nitrogen and oxygen atoms in total. The number of hydrogen-bond donors (Lipinski definition) is 2. The van der Waals surface area contributed by atoms with Crippen LogP contribution >= 0.6 is 0 Å². The number of hydrogen-bond acceptors (Lipinski definition) is 4. The highest BCUT2D eigenvalue weighted by atomic mass is 32.2. The second-order valence-electron chi connectivity index (χ2n) is 5.00. The topological polar surface area (TPSA) is 93.1 Å². The van der Waals surface area contributed by atoms with E-state index in [1.807, 2.05) is 0 Å². The van der Waals surface area contributed by atoms with Crippen LogP contribution in [-0.4, -0.2) is 24.1 Å². The molecule has 1 amide bonds. The Balaban J connectivity index is 2.14. The molecule has 8 heteroatoms. The number of sulfonamides is 1. The number of nitrogens with one attached hydrogen (secondary N) is 2. The van der Waals surface area contributed by atoms with Crippen LogP contribution in [-0.2, 0) is 21.9 Å². The van der Waals surface area contributed by atoms with E-state index in [4.69, 9.17) is 0 Å². The number of rotatable bonds is 5. The molecule has 1 atom stereocenters. The molecule has 0 spiro atoms. The monoisotopic (exact) mass is 322 g/mol. The lowest BCUT2D eigenvalue weighted by Gasteiger charge is -2.13. The fourth-order valence-corrected chi connectivity index (χ4v) is 3.19. The summed E-state index contributed by atoms with van der Waals surface area (Å²) in [6.45, 7) is 3.14. The van der Waals surface area contributed by atoms with Crippen LogP contribution in [0.25, 0.3) is 0 Å². The van der Waals surface area contributed by atoms with Crippen molar-refractivity contribution in [2.24, 2.45) is 7.05 Å². The lowest BCUT2D eigenvalue weighted by atomic mass is 10.2. The van der Waals surface area contributed by atoms with E-state index in [0.29, 0.717) is 5.69 Å². The number of anilines is 1. The first-order valence-corrected chi connectivity index (χ1v) is 8.15. The lowest BCUT2D eigenvalue weighted by molar-refractivity contribution is -0.114. The summed E-state index contributed by atoms with van der Waals surface area (Å²) in [5.74, 6) is -0.209. The van der Waals surface area contributed by atoms with Gasteiger partial charge in [0.1, 0.15) is 0 Å². The third kappa shape index (κ3) is 3.92. The van der Waals surface area contributed by atoms with Crippen molar-refractivity contribution in [3.8, 4) is 0 Å². The summed E-state index contributed by atoms with van der Waals surface area (Å²) < 4.78 is 28.9. The maximum Gasteiger partial charge on any atom is 0.241 e. The van der Waals surface area contributed by atoms with Crippen LogP contribution in [0.4, 0.5) is 5.69 Å². The minimum Gasteiger partial charge on any atom is -0.326 e. The van der Waals surface area contributed by atoms with Crippen molar-refractivity contribution in [3.63, 3.8) is 0 Å². The van der Waals surface area contributed by atoms with Crippen molar-refractivity contribution < 1.29 is 13.2 Å². The Labute approximate surface area is 129 Å². The molecule has 118 valence electrons. The predicted octanol–water partition coefficient (Wildman–Crippen LogP) is 1.42. The minimum absolute atomic E-state index is 0.136. The summed E-state index contributed by atoms with van der Waals surface area (Å²) in [7, 11) is -1.87. The molecule has 0 bridgehead atoms.